The van der Waals surface area contributed by atoms with Gasteiger partial charge in [0, 0.05) is 5.37 Å². The molecule has 0 aromatic rings. The zero-order chi connectivity index (χ0) is 14.6. The lowest BCUT2D eigenvalue weighted by atomic mass is 9.71. The van der Waals surface area contributed by atoms with Crippen molar-refractivity contribution in [1.82, 2.24) is 9.80 Å². The number of hydrogen-bond donors (Lipinski definition) is 1. The van der Waals surface area contributed by atoms with Crippen LogP contribution in [0.4, 0.5) is 0 Å². The molecule has 1 spiro atoms. The molecule has 0 aromatic heterocycles. The molecular weight excluding hydrogens is 264 g/mol. The Hall–Kier alpha value is 0.270. The molecule has 0 amide bonds. The molecule has 2 rings (SSSR count). The normalized spacial score (nSPS) is 26.2. The van der Waals surface area contributed by atoms with Crippen LogP contribution in [0.3, 0.4) is 0 Å². The van der Waals surface area contributed by atoms with Crippen LogP contribution in [0.1, 0.15) is 59.3 Å². The molecule has 20 heavy (non-hydrogen) atoms. The maximum Gasteiger partial charge on any atom is 0.0499 e. The maximum atomic E-state index is 4.58. The minimum atomic E-state index is 0.434. The van der Waals surface area contributed by atoms with Crippen LogP contribution in [0.15, 0.2) is 0 Å². The molecular formula is C17H34N2S. The van der Waals surface area contributed by atoms with Crippen LogP contribution in [-0.2, 0) is 0 Å². The Morgan fingerprint density at radius 2 is 1.50 bits per heavy atom. The van der Waals surface area contributed by atoms with E-state index in [0.29, 0.717) is 10.8 Å². The standard InChI is InChI=1S/C17H34N2S/c1-15(2)5-4-10-18-11-6-17(7-12-18)8-13-19(14-9-17)16(3)20/h15-16,20H,4-14H2,1-3H3. The van der Waals surface area contributed by atoms with E-state index in [1.165, 1.54) is 71.2 Å². The van der Waals surface area contributed by atoms with Gasteiger partial charge in [0.25, 0.3) is 0 Å². The number of piperidine rings is 2. The fourth-order valence-corrected chi connectivity index (χ4v) is 4.08. The predicted octanol–water partition coefficient (Wildman–Crippen LogP) is 3.88. The summed E-state index contributed by atoms with van der Waals surface area (Å²) in [5.74, 6) is 0.860. The monoisotopic (exact) mass is 298 g/mol. The molecule has 0 radical (unpaired) electrons. The average molecular weight is 299 g/mol. The first-order valence-corrected chi connectivity index (χ1v) is 9.17. The van der Waals surface area contributed by atoms with E-state index in [2.05, 4.69) is 43.2 Å². The quantitative estimate of drug-likeness (QED) is 0.770. The van der Waals surface area contributed by atoms with E-state index in [1.807, 2.05) is 0 Å². The third-order valence-electron chi connectivity index (χ3n) is 5.56. The van der Waals surface area contributed by atoms with Gasteiger partial charge in [0.1, 0.15) is 0 Å². The summed E-state index contributed by atoms with van der Waals surface area (Å²) in [7, 11) is 0. The molecule has 0 N–H and O–H groups in total. The Morgan fingerprint density at radius 3 is 2.00 bits per heavy atom. The van der Waals surface area contributed by atoms with Gasteiger partial charge < -0.3 is 4.90 Å². The molecule has 2 nitrogen and oxygen atoms in total. The molecule has 1 unspecified atom stereocenters. The van der Waals surface area contributed by atoms with E-state index in [9.17, 15) is 0 Å². The van der Waals surface area contributed by atoms with Gasteiger partial charge in [0.05, 0.1) is 0 Å². The van der Waals surface area contributed by atoms with E-state index in [1.54, 1.807) is 0 Å². The summed E-state index contributed by atoms with van der Waals surface area (Å²) in [5.41, 5.74) is 0.674. The highest BCUT2D eigenvalue weighted by Gasteiger charge is 2.37. The van der Waals surface area contributed by atoms with Crippen LogP contribution in [-0.4, -0.2) is 47.9 Å². The Bertz CT molecular complexity index is 273. The summed E-state index contributed by atoms with van der Waals surface area (Å²) in [6.07, 6.45) is 8.44. The zero-order valence-electron chi connectivity index (χ0n) is 13.8. The highest BCUT2D eigenvalue weighted by Crippen LogP contribution is 2.41. The first kappa shape index (κ1) is 16.6. The largest absolute Gasteiger partial charge is 0.303 e. The van der Waals surface area contributed by atoms with Gasteiger partial charge in [-0.05, 0) is 89.5 Å². The van der Waals surface area contributed by atoms with Crippen molar-refractivity contribution in [2.24, 2.45) is 11.3 Å². The molecule has 1 atom stereocenters. The smallest absolute Gasteiger partial charge is 0.0499 e. The van der Waals surface area contributed by atoms with E-state index < -0.39 is 0 Å². The second-order valence-corrected chi connectivity index (χ2v) is 8.29. The van der Waals surface area contributed by atoms with Gasteiger partial charge in [-0.1, -0.05) is 13.8 Å². The Labute approximate surface area is 131 Å². The molecule has 2 aliphatic heterocycles. The third-order valence-corrected chi connectivity index (χ3v) is 5.89. The number of likely N-dealkylation sites (tertiary alicyclic amines) is 2. The molecule has 2 aliphatic rings. The molecule has 2 fully saturated rings. The number of rotatable bonds is 5. The Kier molecular flexibility index (Phi) is 6.25. The van der Waals surface area contributed by atoms with Crippen molar-refractivity contribution in [2.75, 3.05) is 32.7 Å². The first-order chi connectivity index (χ1) is 9.51. The fraction of sp³-hybridized carbons (Fsp3) is 1.00. The topological polar surface area (TPSA) is 6.48 Å². The fourth-order valence-electron chi connectivity index (χ4n) is 3.85. The predicted molar refractivity (Wildman–Crippen MR) is 91.4 cm³/mol. The highest BCUT2D eigenvalue weighted by molar-refractivity contribution is 7.80. The van der Waals surface area contributed by atoms with Gasteiger partial charge >= 0.3 is 0 Å². The van der Waals surface area contributed by atoms with Crippen LogP contribution in [0.5, 0.6) is 0 Å². The Morgan fingerprint density at radius 1 is 0.950 bits per heavy atom. The van der Waals surface area contributed by atoms with E-state index in [-0.39, 0.29) is 0 Å². The van der Waals surface area contributed by atoms with Gasteiger partial charge in [-0.2, -0.15) is 12.6 Å². The van der Waals surface area contributed by atoms with E-state index in [4.69, 9.17) is 0 Å². The number of thiol groups is 1. The summed E-state index contributed by atoms with van der Waals surface area (Å²) in [6, 6.07) is 0. The number of hydrogen-bond acceptors (Lipinski definition) is 3. The van der Waals surface area contributed by atoms with Crippen molar-refractivity contribution < 1.29 is 0 Å². The molecule has 0 aromatic carbocycles. The van der Waals surface area contributed by atoms with E-state index >= 15 is 0 Å². The van der Waals surface area contributed by atoms with Crippen LogP contribution < -0.4 is 0 Å². The van der Waals surface area contributed by atoms with Crippen molar-refractivity contribution in [3.63, 3.8) is 0 Å². The first-order valence-electron chi connectivity index (χ1n) is 8.65. The highest BCUT2D eigenvalue weighted by atomic mass is 32.1. The second kappa shape index (κ2) is 7.51. The average Bonchev–Trinajstić information content (AvgIpc) is 2.41. The SMILES string of the molecule is CC(C)CCCN1CCC2(CC1)CCN(C(C)S)CC2. The van der Waals surface area contributed by atoms with Crippen molar-refractivity contribution in [1.29, 1.82) is 0 Å². The van der Waals surface area contributed by atoms with E-state index in [0.717, 1.165) is 5.92 Å². The van der Waals surface area contributed by atoms with Crippen molar-refractivity contribution in [3.8, 4) is 0 Å². The van der Waals surface area contributed by atoms with Crippen LogP contribution >= 0.6 is 12.6 Å². The summed E-state index contributed by atoms with van der Waals surface area (Å²) in [5, 5.41) is 0.434. The van der Waals surface area contributed by atoms with Gasteiger partial charge in [-0.25, -0.2) is 0 Å². The summed E-state index contributed by atoms with van der Waals surface area (Å²) in [4.78, 5) is 5.24. The number of nitrogens with zero attached hydrogens (tertiary/aromatic N) is 2. The van der Waals surface area contributed by atoms with Crippen LogP contribution in [0.25, 0.3) is 0 Å². The molecule has 0 saturated carbocycles. The maximum absolute atomic E-state index is 4.58. The minimum absolute atomic E-state index is 0.434. The molecule has 3 heteroatoms. The summed E-state index contributed by atoms with van der Waals surface area (Å²) >= 11 is 4.58. The second-order valence-electron chi connectivity index (χ2n) is 7.55. The molecule has 2 saturated heterocycles. The van der Waals surface area contributed by atoms with Crippen molar-refractivity contribution >= 4 is 12.6 Å². The van der Waals surface area contributed by atoms with Gasteiger partial charge in [0.15, 0.2) is 0 Å². The Balaban J connectivity index is 1.69. The van der Waals surface area contributed by atoms with Crippen molar-refractivity contribution in [2.45, 2.75) is 64.7 Å². The van der Waals surface area contributed by atoms with Gasteiger partial charge in [-0.3, -0.25) is 4.90 Å². The lowest BCUT2D eigenvalue weighted by Gasteiger charge is -2.47. The molecule has 0 aliphatic carbocycles. The van der Waals surface area contributed by atoms with Crippen LogP contribution in [0.2, 0.25) is 0 Å². The van der Waals surface area contributed by atoms with Gasteiger partial charge in [-0.15, -0.1) is 0 Å². The summed E-state index contributed by atoms with van der Waals surface area (Å²) in [6.45, 7) is 13.4. The molecule has 2 heterocycles. The van der Waals surface area contributed by atoms with Crippen LogP contribution in [0, 0.1) is 11.3 Å². The molecule has 118 valence electrons. The lowest BCUT2D eigenvalue weighted by molar-refractivity contribution is 0.0326. The van der Waals surface area contributed by atoms with Crippen molar-refractivity contribution in [3.05, 3.63) is 0 Å². The zero-order valence-corrected chi connectivity index (χ0v) is 14.7. The lowest BCUT2D eigenvalue weighted by Crippen LogP contribution is -2.48. The molecule has 0 bridgehead atoms. The summed E-state index contributed by atoms with van der Waals surface area (Å²) < 4.78 is 0. The third kappa shape index (κ3) is 4.64. The van der Waals surface area contributed by atoms with Gasteiger partial charge in [0.2, 0.25) is 0 Å². The minimum Gasteiger partial charge on any atom is -0.303 e.